The monoisotopic (exact) mass is 278 g/mol. The molecule has 2 N–H and O–H groups in total. The SMILES string of the molecule is Nc1ccc2c(c1)N(C(=O)c1cnns1)CCS2. The van der Waals surface area contributed by atoms with Crippen molar-refractivity contribution in [3.63, 3.8) is 0 Å². The van der Waals surface area contributed by atoms with Crippen molar-refractivity contribution in [1.29, 1.82) is 0 Å². The van der Waals surface area contributed by atoms with E-state index in [-0.39, 0.29) is 5.91 Å². The molecule has 1 amide bonds. The van der Waals surface area contributed by atoms with E-state index in [4.69, 9.17) is 5.73 Å². The first-order valence-electron chi connectivity index (χ1n) is 5.37. The van der Waals surface area contributed by atoms with Gasteiger partial charge in [0.2, 0.25) is 0 Å². The second-order valence-electron chi connectivity index (χ2n) is 3.81. The van der Waals surface area contributed by atoms with Crippen molar-refractivity contribution in [3.05, 3.63) is 29.3 Å². The summed E-state index contributed by atoms with van der Waals surface area (Å²) in [5.74, 6) is 0.826. The van der Waals surface area contributed by atoms with E-state index in [9.17, 15) is 4.79 Å². The van der Waals surface area contributed by atoms with Crippen molar-refractivity contribution in [1.82, 2.24) is 9.59 Å². The van der Waals surface area contributed by atoms with Crippen LogP contribution in [-0.2, 0) is 0 Å². The van der Waals surface area contributed by atoms with Crippen LogP contribution in [0.2, 0.25) is 0 Å². The van der Waals surface area contributed by atoms with Gasteiger partial charge in [-0.3, -0.25) is 4.79 Å². The number of nitrogens with two attached hydrogens (primary N) is 1. The van der Waals surface area contributed by atoms with Crippen LogP contribution in [0.3, 0.4) is 0 Å². The molecule has 3 rings (SSSR count). The number of fused-ring (bicyclic) bond motifs is 1. The van der Waals surface area contributed by atoms with Gasteiger partial charge < -0.3 is 10.6 Å². The Hall–Kier alpha value is -1.60. The molecule has 0 spiro atoms. The molecule has 2 aromatic rings. The number of hydrogen-bond acceptors (Lipinski definition) is 6. The van der Waals surface area contributed by atoms with Crippen LogP contribution in [0, 0.1) is 0 Å². The number of carbonyl (C=O) groups is 1. The molecule has 0 saturated heterocycles. The van der Waals surface area contributed by atoms with Gasteiger partial charge in [-0.2, -0.15) is 0 Å². The smallest absolute Gasteiger partial charge is 0.271 e. The van der Waals surface area contributed by atoms with Gasteiger partial charge in [-0.1, -0.05) is 4.49 Å². The third kappa shape index (κ3) is 1.95. The van der Waals surface area contributed by atoms with Crippen molar-refractivity contribution in [2.45, 2.75) is 4.90 Å². The van der Waals surface area contributed by atoms with Crippen LogP contribution in [0.1, 0.15) is 9.67 Å². The number of nitrogens with zero attached hydrogens (tertiary/aromatic N) is 3. The normalized spacial score (nSPS) is 14.3. The van der Waals surface area contributed by atoms with Crippen LogP contribution in [0.5, 0.6) is 0 Å². The van der Waals surface area contributed by atoms with Crippen LogP contribution in [0.4, 0.5) is 11.4 Å². The maximum absolute atomic E-state index is 12.3. The molecule has 0 bridgehead atoms. The molecular weight excluding hydrogens is 268 g/mol. The lowest BCUT2D eigenvalue weighted by Gasteiger charge is -2.28. The highest BCUT2D eigenvalue weighted by atomic mass is 32.2. The second kappa shape index (κ2) is 4.58. The van der Waals surface area contributed by atoms with E-state index in [1.165, 1.54) is 6.20 Å². The number of thioether (sulfide) groups is 1. The second-order valence-corrected chi connectivity index (χ2v) is 5.74. The molecule has 1 aromatic heterocycles. The Morgan fingerprint density at radius 3 is 3.11 bits per heavy atom. The lowest BCUT2D eigenvalue weighted by atomic mass is 10.2. The minimum absolute atomic E-state index is 0.0582. The highest BCUT2D eigenvalue weighted by Crippen LogP contribution is 2.36. The minimum atomic E-state index is -0.0582. The van der Waals surface area contributed by atoms with Gasteiger partial charge in [-0.05, 0) is 29.7 Å². The summed E-state index contributed by atoms with van der Waals surface area (Å²) in [7, 11) is 0. The van der Waals surface area contributed by atoms with Gasteiger partial charge in [0.1, 0.15) is 4.88 Å². The Labute approximate surface area is 112 Å². The van der Waals surface area contributed by atoms with E-state index in [1.54, 1.807) is 16.7 Å². The molecule has 0 saturated carbocycles. The van der Waals surface area contributed by atoms with Gasteiger partial charge >= 0.3 is 0 Å². The fourth-order valence-corrected chi connectivity index (χ4v) is 3.28. The van der Waals surface area contributed by atoms with Gasteiger partial charge in [-0.25, -0.2) is 0 Å². The molecule has 1 aliphatic rings. The first-order chi connectivity index (χ1) is 8.75. The Balaban J connectivity index is 2.01. The highest BCUT2D eigenvalue weighted by Gasteiger charge is 2.25. The fraction of sp³-hybridized carbons (Fsp3) is 0.182. The lowest BCUT2D eigenvalue weighted by Crippen LogP contribution is -2.35. The third-order valence-corrected chi connectivity index (χ3v) is 4.36. The quantitative estimate of drug-likeness (QED) is 0.806. The molecule has 2 heterocycles. The van der Waals surface area contributed by atoms with Crippen molar-refractivity contribution in [2.75, 3.05) is 22.9 Å². The van der Waals surface area contributed by atoms with E-state index >= 15 is 0 Å². The molecule has 18 heavy (non-hydrogen) atoms. The Bertz CT molecular complexity index is 585. The van der Waals surface area contributed by atoms with Crippen molar-refractivity contribution < 1.29 is 4.79 Å². The zero-order valence-electron chi connectivity index (χ0n) is 9.37. The lowest BCUT2D eigenvalue weighted by molar-refractivity contribution is 0.0991. The van der Waals surface area contributed by atoms with Crippen LogP contribution in [-0.4, -0.2) is 27.8 Å². The topological polar surface area (TPSA) is 72.1 Å². The van der Waals surface area contributed by atoms with Gasteiger partial charge in [0.05, 0.1) is 11.9 Å². The number of carbonyl (C=O) groups excluding carboxylic acids is 1. The first-order valence-corrected chi connectivity index (χ1v) is 7.13. The zero-order chi connectivity index (χ0) is 12.5. The molecule has 5 nitrogen and oxygen atoms in total. The van der Waals surface area contributed by atoms with Gasteiger partial charge in [0.15, 0.2) is 0 Å². The largest absolute Gasteiger partial charge is 0.399 e. The predicted octanol–water partition coefficient (Wildman–Crippen LogP) is 1.87. The molecule has 92 valence electrons. The van der Waals surface area contributed by atoms with Crippen molar-refractivity contribution in [3.8, 4) is 0 Å². The number of hydrogen-bond donors (Lipinski definition) is 1. The molecule has 0 fully saturated rings. The number of anilines is 2. The molecule has 0 unspecified atom stereocenters. The Morgan fingerprint density at radius 1 is 1.44 bits per heavy atom. The molecule has 7 heteroatoms. The Morgan fingerprint density at radius 2 is 2.33 bits per heavy atom. The first kappa shape index (κ1) is 11.5. The average Bonchev–Trinajstić information content (AvgIpc) is 2.91. The van der Waals surface area contributed by atoms with E-state index in [0.717, 1.165) is 27.9 Å². The summed E-state index contributed by atoms with van der Waals surface area (Å²) >= 11 is 2.85. The average molecular weight is 278 g/mol. The van der Waals surface area contributed by atoms with E-state index in [1.807, 2.05) is 18.2 Å². The fourth-order valence-electron chi connectivity index (χ4n) is 1.84. The Kier molecular flexibility index (Phi) is 2.92. The summed E-state index contributed by atoms with van der Waals surface area (Å²) in [6.45, 7) is 0.678. The third-order valence-electron chi connectivity index (χ3n) is 2.66. The minimum Gasteiger partial charge on any atom is -0.399 e. The summed E-state index contributed by atoms with van der Waals surface area (Å²) in [5, 5.41) is 3.70. The zero-order valence-corrected chi connectivity index (χ0v) is 11.0. The highest BCUT2D eigenvalue weighted by molar-refractivity contribution is 7.99. The van der Waals surface area contributed by atoms with E-state index < -0.39 is 0 Å². The van der Waals surface area contributed by atoms with Crippen molar-refractivity contribution >= 4 is 40.6 Å². The molecule has 1 aliphatic heterocycles. The number of aromatic nitrogens is 2. The summed E-state index contributed by atoms with van der Waals surface area (Å²) in [6.07, 6.45) is 1.50. The van der Waals surface area contributed by atoms with E-state index in [2.05, 4.69) is 9.59 Å². The van der Waals surface area contributed by atoms with Gasteiger partial charge in [0, 0.05) is 22.9 Å². The van der Waals surface area contributed by atoms with Crippen LogP contribution in [0.15, 0.2) is 29.3 Å². The summed E-state index contributed by atoms with van der Waals surface area (Å²) in [5.41, 5.74) is 7.34. The molecule has 0 atom stereocenters. The maximum Gasteiger partial charge on any atom is 0.271 e. The molecule has 0 radical (unpaired) electrons. The molecule has 1 aromatic carbocycles. The number of nitrogen functional groups attached to an aromatic ring is 1. The van der Waals surface area contributed by atoms with Crippen LogP contribution in [0.25, 0.3) is 0 Å². The van der Waals surface area contributed by atoms with E-state index in [0.29, 0.717) is 17.1 Å². The standard InChI is InChI=1S/C11H10N4OS2/c12-7-1-2-9-8(5-7)15(3-4-17-9)11(16)10-6-13-14-18-10/h1-2,5-6H,3-4,12H2. The molecular formula is C11H10N4OS2. The summed E-state index contributed by atoms with van der Waals surface area (Å²) in [6, 6.07) is 5.65. The summed E-state index contributed by atoms with van der Waals surface area (Å²) < 4.78 is 3.73. The number of rotatable bonds is 1. The van der Waals surface area contributed by atoms with Crippen LogP contribution < -0.4 is 10.6 Å². The summed E-state index contributed by atoms with van der Waals surface area (Å²) in [4.78, 5) is 15.7. The number of amides is 1. The van der Waals surface area contributed by atoms with Crippen LogP contribution >= 0.6 is 23.3 Å². The number of benzene rings is 1. The maximum atomic E-state index is 12.3. The van der Waals surface area contributed by atoms with Gasteiger partial charge in [-0.15, -0.1) is 16.9 Å². The van der Waals surface area contributed by atoms with Gasteiger partial charge in [0.25, 0.3) is 5.91 Å². The van der Waals surface area contributed by atoms with Crippen molar-refractivity contribution in [2.24, 2.45) is 0 Å². The predicted molar refractivity (Wildman–Crippen MR) is 73.2 cm³/mol. The molecule has 0 aliphatic carbocycles.